The Morgan fingerprint density at radius 3 is 2.43 bits per heavy atom. The molecule has 0 saturated heterocycles. The van der Waals surface area contributed by atoms with Gasteiger partial charge >= 0.3 is 0 Å². The van der Waals surface area contributed by atoms with E-state index in [1.54, 1.807) is 29.2 Å². The fourth-order valence-electron chi connectivity index (χ4n) is 2.82. The number of nitrogens with one attached hydrogen (secondary N) is 1. The van der Waals surface area contributed by atoms with E-state index in [0.29, 0.717) is 30.2 Å². The zero-order valence-electron chi connectivity index (χ0n) is 15.9. The predicted octanol–water partition coefficient (Wildman–Crippen LogP) is 3.13. The highest BCUT2D eigenvalue weighted by molar-refractivity contribution is 5.96. The number of fused-ring (bicyclic) bond motifs is 1. The second kappa shape index (κ2) is 8.94. The molecule has 3 aromatic rings. The number of para-hydroxylation sites is 1. The third kappa shape index (κ3) is 4.43. The fourth-order valence-corrected chi connectivity index (χ4v) is 2.82. The third-order valence-corrected chi connectivity index (χ3v) is 4.31. The Bertz CT molecular complexity index is 964. The minimum atomic E-state index is -0.314. The topological polar surface area (TPSA) is 84.4 Å². The van der Waals surface area contributed by atoms with Gasteiger partial charge in [0.15, 0.2) is 6.61 Å². The summed E-state index contributed by atoms with van der Waals surface area (Å²) in [7, 11) is 0. The molecule has 1 N–H and O–H groups in total. The summed E-state index contributed by atoms with van der Waals surface area (Å²) >= 11 is 0. The number of ether oxygens (including phenoxy) is 1. The summed E-state index contributed by atoms with van der Waals surface area (Å²) in [6, 6.07) is 14.2. The molecule has 2 aromatic carbocycles. The van der Waals surface area contributed by atoms with Gasteiger partial charge in [-0.25, -0.2) is 9.97 Å². The maximum Gasteiger partial charge on any atom is 0.262 e. The first-order chi connectivity index (χ1) is 13.6. The molecule has 0 saturated carbocycles. The maximum atomic E-state index is 12.3. The molecule has 0 atom stereocenters. The number of amides is 2. The molecule has 2 amide bonds. The van der Waals surface area contributed by atoms with Crippen LogP contribution in [0.4, 0.5) is 5.69 Å². The van der Waals surface area contributed by atoms with Gasteiger partial charge in [0, 0.05) is 24.3 Å². The lowest BCUT2D eigenvalue weighted by molar-refractivity contribution is -0.118. The normalized spacial score (nSPS) is 10.5. The predicted molar refractivity (Wildman–Crippen MR) is 107 cm³/mol. The Balaban J connectivity index is 1.60. The Hall–Kier alpha value is -3.48. The van der Waals surface area contributed by atoms with Crippen molar-refractivity contribution in [1.29, 1.82) is 0 Å². The molecule has 28 heavy (non-hydrogen) atoms. The lowest BCUT2D eigenvalue weighted by Gasteiger charge is -2.18. The van der Waals surface area contributed by atoms with Crippen LogP contribution in [0.3, 0.4) is 0 Å². The molecule has 0 aliphatic carbocycles. The zero-order chi connectivity index (χ0) is 19.9. The molecular formula is C21H22N4O3. The van der Waals surface area contributed by atoms with E-state index in [2.05, 4.69) is 15.3 Å². The van der Waals surface area contributed by atoms with Gasteiger partial charge in [-0.3, -0.25) is 9.59 Å². The SMILES string of the molecule is CCN(CC)C(=O)c1ccc(NC(=O)COc2ncnc3ccccc23)cc1. The number of nitrogens with zero attached hydrogens (tertiary/aromatic N) is 3. The summed E-state index contributed by atoms with van der Waals surface area (Å²) in [5.74, 6) is 0.0216. The van der Waals surface area contributed by atoms with Crippen molar-refractivity contribution >= 4 is 28.4 Å². The van der Waals surface area contributed by atoms with E-state index >= 15 is 0 Å². The van der Waals surface area contributed by atoms with Crippen LogP contribution in [0.1, 0.15) is 24.2 Å². The van der Waals surface area contributed by atoms with Crippen molar-refractivity contribution < 1.29 is 14.3 Å². The molecular weight excluding hydrogens is 356 g/mol. The van der Waals surface area contributed by atoms with Crippen LogP contribution in [-0.4, -0.2) is 46.4 Å². The van der Waals surface area contributed by atoms with E-state index in [0.717, 1.165) is 10.9 Å². The molecule has 144 valence electrons. The Morgan fingerprint density at radius 1 is 1.00 bits per heavy atom. The number of benzene rings is 2. The summed E-state index contributed by atoms with van der Waals surface area (Å²) < 4.78 is 5.55. The minimum absolute atomic E-state index is 0.0261. The number of anilines is 1. The van der Waals surface area contributed by atoms with E-state index < -0.39 is 0 Å². The van der Waals surface area contributed by atoms with Gasteiger partial charge in [0.25, 0.3) is 11.8 Å². The summed E-state index contributed by atoms with van der Waals surface area (Å²) in [6.07, 6.45) is 1.40. The largest absolute Gasteiger partial charge is 0.467 e. The molecule has 7 heteroatoms. The van der Waals surface area contributed by atoms with Gasteiger partial charge in [-0.15, -0.1) is 0 Å². The van der Waals surface area contributed by atoms with Crippen molar-refractivity contribution in [3.05, 3.63) is 60.4 Å². The summed E-state index contributed by atoms with van der Waals surface area (Å²) in [6.45, 7) is 5.01. The van der Waals surface area contributed by atoms with Gasteiger partial charge in [0.1, 0.15) is 6.33 Å². The molecule has 3 rings (SSSR count). The minimum Gasteiger partial charge on any atom is -0.467 e. The number of carbonyl (C=O) groups is 2. The van der Waals surface area contributed by atoms with Gasteiger partial charge in [0.05, 0.1) is 10.9 Å². The fraction of sp³-hybridized carbons (Fsp3) is 0.238. The molecule has 0 spiro atoms. The van der Waals surface area contributed by atoms with Crippen LogP contribution < -0.4 is 10.1 Å². The number of hydrogen-bond donors (Lipinski definition) is 1. The molecule has 1 heterocycles. The van der Waals surface area contributed by atoms with Gasteiger partial charge in [-0.1, -0.05) is 12.1 Å². The highest BCUT2D eigenvalue weighted by Crippen LogP contribution is 2.20. The number of aromatic nitrogens is 2. The van der Waals surface area contributed by atoms with Crippen molar-refractivity contribution in [2.45, 2.75) is 13.8 Å². The van der Waals surface area contributed by atoms with Crippen LogP contribution in [0, 0.1) is 0 Å². The van der Waals surface area contributed by atoms with Crippen molar-refractivity contribution in [1.82, 2.24) is 14.9 Å². The monoisotopic (exact) mass is 378 g/mol. The van der Waals surface area contributed by atoms with Crippen LogP contribution in [-0.2, 0) is 4.79 Å². The van der Waals surface area contributed by atoms with E-state index in [4.69, 9.17) is 4.74 Å². The first-order valence-corrected chi connectivity index (χ1v) is 9.14. The van der Waals surface area contributed by atoms with Gasteiger partial charge in [-0.05, 0) is 50.2 Å². The standard InChI is InChI=1S/C21H22N4O3/c1-3-25(4-2)21(27)15-9-11-16(12-10-15)24-19(26)13-28-20-17-7-5-6-8-18(17)22-14-23-20/h5-12,14H,3-4,13H2,1-2H3,(H,24,26). The number of carbonyl (C=O) groups excluding carboxylic acids is 2. The van der Waals surface area contributed by atoms with Crippen LogP contribution >= 0.6 is 0 Å². The van der Waals surface area contributed by atoms with E-state index in [1.807, 2.05) is 38.1 Å². The van der Waals surface area contributed by atoms with Crippen LogP contribution in [0.15, 0.2) is 54.9 Å². The zero-order valence-corrected chi connectivity index (χ0v) is 15.9. The molecule has 0 unspecified atom stereocenters. The van der Waals surface area contributed by atoms with Crippen LogP contribution in [0.25, 0.3) is 10.9 Å². The molecule has 0 bridgehead atoms. The first-order valence-electron chi connectivity index (χ1n) is 9.14. The van der Waals surface area contributed by atoms with E-state index in [9.17, 15) is 9.59 Å². The highest BCUT2D eigenvalue weighted by atomic mass is 16.5. The van der Waals surface area contributed by atoms with Crippen molar-refractivity contribution in [2.75, 3.05) is 25.0 Å². The average Bonchev–Trinajstić information content (AvgIpc) is 2.73. The molecule has 0 aliphatic rings. The summed E-state index contributed by atoms with van der Waals surface area (Å²) in [5, 5.41) is 3.50. The van der Waals surface area contributed by atoms with E-state index in [1.165, 1.54) is 6.33 Å². The van der Waals surface area contributed by atoms with Crippen LogP contribution in [0.5, 0.6) is 5.88 Å². The van der Waals surface area contributed by atoms with Crippen molar-refractivity contribution in [3.63, 3.8) is 0 Å². The highest BCUT2D eigenvalue weighted by Gasteiger charge is 2.13. The van der Waals surface area contributed by atoms with Crippen LogP contribution in [0.2, 0.25) is 0 Å². The Morgan fingerprint density at radius 2 is 1.71 bits per heavy atom. The summed E-state index contributed by atoms with van der Waals surface area (Å²) in [4.78, 5) is 34.5. The van der Waals surface area contributed by atoms with Crippen molar-refractivity contribution in [3.8, 4) is 5.88 Å². The lowest BCUT2D eigenvalue weighted by Crippen LogP contribution is -2.30. The summed E-state index contributed by atoms with van der Waals surface area (Å²) in [5.41, 5.74) is 1.93. The molecule has 0 fully saturated rings. The Kier molecular flexibility index (Phi) is 6.16. The van der Waals surface area contributed by atoms with Gasteiger partial charge < -0.3 is 15.0 Å². The Labute approximate surface area is 163 Å². The number of hydrogen-bond acceptors (Lipinski definition) is 5. The van der Waals surface area contributed by atoms with Crippen molar-refractivity contribution in [2.24, 2.45) is 0 Å². The number of rotatable bonds is 7. The van der Waals surface area contributed by atoms with Gasteiger partial charge in [-0.2, -0.15) is 0 Å². The van der Waals surface area contributed by atoms with E-state index in [-0.39, 0.29) is 18.4 Å². The van der Waals surface area contributed by atoms with Gasteiger partial charge in [0.2, 0.25) is 5.88 Å². The smallest absolute Gasteiger partial charge is 0.262 e. The maximum absolute atomic E-state index is 12.3. The average molecular weight is 378 g/mol. The molecule has 0 radical (unpaired) electrons. The quantitative estimate of drug-likeness (QED) is 0.683. The first kappa shape index (κ1) is 19.3. The molecule has 0 aliphatic heterocycles. The molecule has 1 aromatic heterocycles. The lowest BCUT2D eigenvalue weighted by atomic mass is 10.2. The second-order valence-electron chi connectivity index (χ2n) is 6.09. The second-order valence-corrected chi connectivity index (χ2v) is 6.09. The third-order valence-electron chi connectivity index (χ3n) is 4.31. The molecule has 7 nitrogen and oxygen atoms in total.